The van der Waals surface area contributed by atoms with Crippen LogP contribution in [0.1, 0.15) is 18.1 Å². The molecule has 0 N–H and O–H groups in total. The van der Waals surface area contributed by atoms with Gasteiger partial charge in [0.15, 0.2) is 5.82 Å². The summed E-state index contributed by atoms with van der Waals surface area (Å²) in [6, 6.07) is 13.8. The monoisotopic (exact) mass is 428 g/mol. The Morgan fingerprint density at radius 3 is 2.69 bits per heavy atom. The lowest BCUT2D eigenvalue weighted by Gasteiger charge is -2.22. The summed E-state index contributed by atoms with van der Waals surface area (Å²) < 4.78 is 12.4. The van der Waals surface area contributed by atoms with Crippen LogP contribution in [0, 0.1) is 0 Å². The van der Waals surface area contributed by atoms with Crippen LogP contribution in [0.15, 0.2) is 52.0 Å². The zero-order valence-electron chi connectivity index (χ0n) is 14.5. The Morgan fingerprint density at radius 1 is 1.15 bits per heavy atom. The molecule has 4 nitrogen and oxygen atoms in total. The first kappa shape index (κ1) is 17.4. The number of nitrogens with zero attached hydrogens (tertiary/aromatic N) is 2. The quantitative estimate of drug-likeness (QED) is 0.307. The molecule has 2 heterocycles. The standard InChI is InChI=1S/C20H17BrN2O2S/c1-3-26-20-16-11-13-10-14(21)6-9-17(13)25-19(16)22-18(23-20)12-4-7-15(24-2)8-5-12/h4-10H,3,11H2,1-2H3. The molecule has 0 bridgehead atoms. The summed E-state index contributed by atoms with van der Waals surface area (Å²) in [6.07, 6.45) is 0.773. The molecule has 132 valence electrons. The molecule has 0 saturated heterocycles. The molecule has 26 heavy (non-hydrogen) atoms. The first-order valence-electron chi connectivity index (χ1n) is 8.32. The SMILES string of the molecule is CCSc1nc(-c2ccc(OC)cc2)nc2c1Cc1cc(Br)ccc1O2. The molecule has 4 rings (SSSR count). The van der Waals surface area contributed by atoms with E-state index in [0.29, 0.717) is 11.7 Å². The number of ether oxygens (including phenoxy) is 2. The Kier molecular flexibility index (Phi) is 4.87. The molecule has 1 aromatic heterocycles. The largest absolute Gasteiger partial charge is 0.497 e. The molecule has 0 saturated carbocycles. The van der Waals surface area contributed by atoms with Crippen molar-refractivity contribution in [2.45, 2.75) is 18.4 Å². The number of fused-ring (bicyclic) bond motifs is 2. The Balaban J connectivity index is 1.79. The van der Waals surface area contributed by atoms with E-state index in [1.165, 1.54) is 0 Å². The molecule has 3 aromatic rings. The minimum Gasteiger partial charge on any atom is -0.497 e. The normalized spacial score (nSPS) is 12.1. The van der Waals surface area contributed by atoms with E-state index in [0.717, 1.165) is 49.9 Å². The van der Waals surface area contributed by atoms with Gasteiger partial charge in [0.1, 0.15) is 16.5 Å². The third-order valence-electron chi connectivity index (χ3n) is 4.16. The Labute approximate surface area is 165 Å². The van der Waals surface area contributed by atoms with Crippen molar-refractivity contribution in [3.63, 3.8) is 0 Å². The van der Waals surface area contributed by atoms with E-state index in [9.17, 15) is 0 Å². The van der Waals surface area contributed by atoms with E-state index in [4.69, 9.17) is 19.4 Å². The summed E-state index contributed by atoms with van der Waals surface area (Å²) in [4.78, 5) is 9.52. The van der Waals surface area contributed by atoms with E-state index in [2.05, 4.69) is 28.9 Å². The highest BCUT2D eigenvalue weighted by atomic mass is 79.9. The van der Waals surface area contributed by atoms with Gasteiger partial charge in [-0.3, -0.25) is 0 Å². The lowest BCUT2D eigenvalue weighted by Crippen LogP contribution is -2.09. The van der Waals surface area contributed by atoms with Crippen molar-refractivity contribution in [3.8, 4) is 28.8 Å². The Morgan fingerprint density at radius 2 is 1.96 bits per heavy atom. The number of hydrogen-bond donors (Lipinski definition) is 0. The van der Waals surface area contributed by atoms with Gasteiger partial charge in [0.05, 0.1) is 12.7 Å². The van der Waals surface area contributed by atoms with E-state index in [1.807, 2.05) is 36.4 Å². The molecule has 0 aliphatic carbocycles. The second-order valence-corrected chi connectivity index (χ2v) is 8.00. The fourth-order valence-corrected chi connectivity index (χ4v) is 4.05. The Hall–Kier alpha value is -2.05. The van der Waals surface area contributed by atoms with Crippen molar-refractivity contribution in [1.29, 1.82) is 0 Å². The molecule has 1 aliphatic rings. The number of halogens is 1. The number of benzene rings is 2. The van der Waals surface area contributed by atoms with E-state index in [1.54, 1.807) is 18.9 Å². The van der Waals surface area contributed by atoms with Gasteiger partial charge in [-0.25, -0.2) is 4.98 Å². The maximum Gasteiger partial charge on any atom is 0.227 e. The van der Waals surface area contributed by atoms with Crippen LogP contribution in [0.25, 0.3) is 11.4 Å². The maximum atomic E-state index is 6.12. The molecule has 0 unspecified atom stereocenters. The fraction of sp³-hybridized carbons (Fsp3) is 0.200. The van der Waals surface area contributed by atoms with Crippen LogP contribution in [-0.2, 0) is 6.42 Å². The van der Waals surface area contributed by atoms with Crippen LogP contribution in [0.4, 0.5) is 0 Å². The summed E-state index contributed by atoms with van der Waals surface area (Å²) in [7, 11) is 1.66. The molecule has 0 spiro atoms. The third-order valence-corrected chi connectivity index (χ3v) is 5.55. The van der Waals surface area contributed by atoms with Crippen LogP contribution in [0.2, 0.25) is 0 Å². The molecule has 0 atom stereocenters. The van der Waals surface area contributed by atoms with E-state index >= 15 is 0 Å². The van der Waals surface area contributed by atoms with Crippen LogP contribution < -0.4 is 9.47 Å². The highest BCUT2D eigenvalue weighted by Crippen LogP contribution is 2.41. The summed E-state index contributed by atoms with van der Waals surface area (Å²) in [5.74, 6) is 3.93. The second kappa shape index (κ2) is 7.29. The van der Waals surface area contributed by atoms with Crippen LogP contribution in [0.3, 0.4) is 0 Å². The van der Waals surface area contributed by atoms with Gasteiger partial charge in [-0.05, 0) is 48.2 Å². The highest BCUT2D eigenvalue weighted by molar-refractivity contribution is 9.10. The molecular formula is C20H17BrN2O2S. The molecule has 2 aromatic carbocycles. The van der Waals surface area contributed by atoms with Gasteiger partial charge in [-0.2, -0.15) is 4.98 Å². The van der Waals surface area contributed by atoms with Gasteiger partial charge in [-0.15, -0.1) is 11.8 Å². The lowest BCUT2D eigenvalue weighted by atomic mass is 10.0. The van der Waals surface area contributed by atoms with Crippen LogP contribution >= 0.6 is 27.7 Å². The zero-order chi connectivity index (χ0) is 18.1. The van der Waals surface area contributed by atoms with Crippen molar-refractivity contribution in [2.24, 2.45) is 0 Å². The number of methoxy groups -OCH3 is 1. The molecule has 6 heteroatoms. The summed E-state index contributed by atoms with van der Waals surface area (Å²) >= 11 is 5.25. The van der Waals surface area contributed by atoms with Crippen molar-refractivity contribution in [3.05, 3.63) is 58.1 Å². The minimum absolute atomic E-state index is 0.650. The molecular weight excluding hydrogens is 412 g/mol. The average molecular weight is 429 g/mol. The Bertz CT molecular complexity index is 961. The number of thioether (sulfide) groups is 1. The van der Waals surface area contributed by atoms with Crippen molar-refractivity contribution < 1.29 is 9.47 Å². The van der Waals surface area contributed by atoms with E-state index < -0.39 is 0 Å². The van der Waals surface area contributed by atoms with Gasteiger partial charge in [0.2, 0.25) is 5.88 Å². The van der Waals surface area contributed by atoms with Gasteiger partial charge < -0.3 is 9.47 Å². The molecule has 0 radical (unpaired) electrons. The second-order valence-electron chi connectivity index (χ2n) is 5.83. The van der Waals surface area contributed by atoms with Crippen LogP contribution in [-0.4, -0.2) is 22.8 Å². The summed E-state index contributed by atoms with van der Waals surface area (Å²) in [6.45, 7) is 2.13. The topological polar surface area (TPSA) is 44.2 Å². The number of hydrogen-bond acceptors (Lipinski definition) is 5. The molecule has 1 aliphatic heterocycles. The van der Waals surface area contributed by atoms with Gasteiger partial charge in [0.25, 0.3) is 0 Å². The predicted octanol–water partition coefficient (Wildman–Crippen LogP) is 5.72. The zero-order valence-corrected chi connectivity index (χ0v) is 16.9. The van der Waals surface area contributed by atoms with Crippen molar-refractivity contribution in [2.75, 3.05) is 12.9 Å². The molecule has 0 amide bonds. The number of aromatic nitrogens is 2. The highest BCUT2D eigenvalue weighted by Gasteiger charge is 2.24. The van der Waals surface area contributed by atoms with Gasteiger partial charge >= 0.3 is 0 Å². The van der Waals surface area contributed by atoms with Crippen LogP contribution in [0.5, 0.6) is 17.4 Å². The average Bonchev–Trinajstić information content (AvgIpc) is 2.67. The fourth-order valence-electron chi connectivity index (χ4n) is 2.89. The van der Waals surface area contributed by atoms with Gasteiger partial charge in [0, 0.05) is 22.0 Å². The summed E-state index contributed by atoms with van der Waals surface area (Å²) in [5, 5.41) is 0.981. The first-order chi connectivity index (χ1) is 12.7. The van der Waals surface area contributed by atoms with E-state index in [-0.39, 0.29) is 0 Å². The third kappa shape index (κ3) is 3.31. The van der Waals surface area contributed by atoms with Gasteiger partial charge in [-0.1, -0.05) is 22.9 Å². The lowest BCUT2D eigenvalue weighted by molar-refractivity contribution is 0.415. The predicted molar refractivity (Wildman–Crippen MR) is 107 cm³/mol. The molecule has 0 fully saturated rings. The van der Waals surface area contributed by atoms with Crippen molar-refractivity contribution in [1.82, 2.24) is 9.97 Å². The minimum atomic E-state index is 0.650. The smallest absolute Gasteiger partial charge is 0.227 e. The maximum absolute atomic E-state index is 6.12. The first-order valence-corrected chi connectivity index (χ1v) is 10.1. The van der Waals surface area contributed by atoms with Crippen molar-refractivity contribution >= 4 is 27.7 Å². The number of rotatable bonds is 4. The summed E-state index contributed by atoms with van der Waals surface area (Å²) in [5.41, 5.74) is 3.14.